The number of para-hydroxylation sites is 1. The van der Waals surface area contributed by atoms with E-state index in [0.29, 0.717) is 0 Å². The molecule has 0 aliphatic carbocycles. The fraction of sp³-hybridized carbons (Fsp3) is 0.389. The molecule has 1 aromatic heterocycles. The number of benzene rings is 1. The van der Waals surface area contributed by atoms with E-state index < -0.39 is 0 Å². The third kappa shape index (κ3) is 1.98. The first-order valence-electron chi connectivity index (χ1n) is 7.87. The maximum Gasteiger partial charge on any atom is 0.225 e. The van der Waals surface area contributed by atoms with Crippen molar-refractivity contribution >= 4 is 5.57 Å². The molecule has 4 nitrogen and oxygen atoms in total. The third-order valence-electron chi connectivity index (χ3n) is 4.73. The van der Waals surface area contributed by atoms with E-state index in [1.54, 1.807) is 0 Å². The van der Waals surface area contributed by atoms with Crippen LogP contribution < -0.4 is 4.74 Å². The molecule has 3 heterocycles. The van der Waals surface area contributed by atoms with E-state index in [2.05, 4.69) is 42.2 Å². The Morgan fingerprint density at radius 1 is 1.09 bits per heavy atom. The zero-order valence-corrected chi connectivity index (χ0v) is 13.4. The van der Waals surface area contributed by atoms with Gasteiger partial charge in [-0.25, -0.2) is 4.68 Å². The van der Waals surface area contributed by atoms with Gasteiger partial charge < -0.3 is 9.64 Å². The Morgan fingerprint density at radius 3 is 2.59 bits per heavy atom. The van der Waals surface area contributed by atoms with Gasteiger partial charge in [-0.1, -0.05) is 23.8 Å². The number of rotatable bonds is 0. The third-order valence-corrected chi connectivity index (χ3v) is 4.73. The van der Waals surface area contributed by atoms with Crippen molar-refractivity contribution in [3.05, 3.63) is 46.7 Å². The highest BCUT2D eigenvalue weighted by molar-refractivity contribution is 5.90. The molecule has 0 radical (unpaired) electrons. The van der Waals surface area contributed by atoms with Crippen LogP contribution in [0, 0.1) is 6.92 Å². The molecule has 4 heteroatoms. The molecular weight excluding hydrogens is 274 g/mol. The minimum Gasteiger partial charge on any atom is -0.438 e. The SMILES string of the molecule is Cc1nn(C)c2c1C(=C1CCN(C)CC1)c1ccccc1O2. The number of fused-ring (bicyclic) bond motifs is 2. The lowest BCUT2D eigenvalue weighted by atomic mass is 9.87. The van der Waals surface area contributed by atoms with Gasteiger partial charge in [0.25, 0.3) is 0 Å². The van der Waals surface area contributed by atoms with Crippen molar-refractivity contribution in [1.29, 1.82) is 0 Å². The lowest BCUT2D eigenvalue weighted by Crippen LogP contribution is -2.27. The van der Waals surface area contributed by atoms with Crippen molar-refractivity contribution in [2.75, 3.05) is 20.1 Å². The monoisotopic (exact) mass is 295 g/mol. The largest absolute Gasteiger partial charge is 0.438 e. The topological polar surface area (TPSA) is 30.3 Å². The average molecular weight is 295 g/mol. The Hall–Kier alpha value is -2.07. The molecule has 2 aliphatic rings. The van der Waals surface area contributed by atoms with Crippen LogP contribution in [0.2, 0.25) is 0 Å². The van der Waals surface area contributed by atoms with Crippen LogP contribution in [0.5, 0.6) is 11.6 Å². The maximum atomic E-state index is 6.13. The number of hydrogen-bond donors (Lipinski definition) is 0. The van der Waals surface area contributed by atoms with Crippen LogP contribution in [0.15, 0.2) is 29.8 Å². The Labute approximate surface area is 131 Å². The second-order valence-corrected chi connectivity index (χ2v) is 6.27. The average Bonchev–Trinajstić information content (AvgIpc) is 2.81. The predicted molar refractivity (Wildman–Crippen MR) is 87.2 cm³/mol. The van der Waals surface area contributed by atoms with Gasteiger partial charge in [0.05, 0.1) is 11.3 Å². The highest BCUT2D eigenvalue weighted by atomic mass is 16.5. The Kier molecular flexibility index (Phi) is 3.08. The quantitative estimate of drug-likeness (QED) is 0.637. The molecule has 0 bridgehead atoms. The first kappa shape index (κ1) is 13.6. The molecule has 0 N–H and O–H groups in total. The number of aromatic nitrogens is 2. The molecule has 1 fully saturated rings. The predicted octanol–water partition coefficient (Wildman–Crippen LogP) is 3.36. The summed E-state index contributed by atoms with van der Waals surface area (Å²) >= 11 is 0. The highest BCUT2D eigenvalue weighted by Crippen LogP contribution is 2.47. The summed E-state index contributed by atoms with van der Waals surface area (Å²) in [6.07, 6.45) is 2.24. The van der Waals surface area contributed by atoms with Crippen molar-refractivity contribution < 1.29 is 4.74 Å². The summed E-state index contributed by atoms with van der Waals surface area (Å²) in [6, 6.07) is 8.35. The van der Waals surface area contributed by atoms with Crippen LogP contribution in [0.25, 0.3) is 5.57 Å². The maximum absolute atomic E-state index is 6.13. The minimum atomic E-state index is 0.873. The summed E-state index contributed by atoms with van der Waals surface area (Å²) in [4.78, 5) is 2.40. The smallest absolute Gasteiger partial charge is 0.225 e. The molecule has 1 saturated heterocycles. The van der Waals surface area contributed by atoms with E-state index in [0.717, 1.165) is 43.3 Å². The van der Waals surface area contributed by atoms with Crippen molar-refractivity contribution in [3.63, 3.8) is 0 Å². The second-order valence-electron chi connectivity index (χ2n) is 6.27. The fourth-order valence-corrected chi connectivity index (χ4v) is 3.55. The molecule has 114 valence electrons. The Balaban J connectivity index is 1.96. The van der Waals surface area contributed by atoms with Crippen LogP contribution in [-0.2, 0) is 7.05 Å². The van der Waals surface area contributed by atoms with Gasteiger partial charge in [-0.3, -0.25) is 0 Å². The summed E-state index contributed by atoms with van der Waals surface area (Å²) in [5, 5.41) is 4.58. The zero-order chi connectivity index (χ0) is 15.3. The molecule has 0 amide bonds. The summed E-state index contributed by atoms with van der Waals surface area (Å²) in [7, 11) is 4.15. The van der Waals surface area contributed by atoms with Gasteiger partial charge in [-0.05, 0) is 38.5 Å². The van der Waals surface area contributed by atoms with Crippen molar-refractivity contribution in [2.24, 2.45) is 7.05 Å². The number of ether oxygens (including phenoxy) is 1. The van der Waals surface area contributed by atoms with Crippen LogP contribution in [0.4, 0.5) is 0 Å². The molecule has 22 heavy (non-hydrogen) atoms. The van der Waals surface area contributed by atoms with Gasteiger partial charge in [0.2, 0.25) is 5.88 Å². The number of piperidine rings is 1. The standard InChI is InChI=1S/C18H21N3O/c1-12-16-17(13-8-10-20(2)11-9-13)14-6-4-5-7-15(14)22-18(16)21(3)19-12/h4-7H,8-11H2,1-3H3. The van der Waals surface area contributed by atoms with Crippen LogP contribution in [0.3, 0.4) is 0 Å². The zero-order valence-electron chi connectivity index (χ0n) is 13.4. The van der Waals surface area contributed by atoms with Gasteiger partial charge in [-0.2, -0.15) is 5.10 Å². The molecule has 0 unspecified atom stereocenters. The van der Waals surface area contributed by atoms with Crippen LogP contribution >= 0.6 is 0 Å². The highest BCUT2D eigenvalue weighted by Gasteiger charge is 2.30. The van der Waals surface area contributed by atoms with E-state index >= 15 is 0 Å². The number of nitrogens with zero attached hydrogens (tertiary/aromatic N) is 3. The van der Waals surface area contributed by atoms with Gasteiger partial charge in [0, 0.05) is 25.7 Å². The van der Waals surface area contributed by atoms with E-state index in [-0.39, 0.29) is 0 Å². The molecule has 4 rings (SSSR count). The lowest BCUT2D eigenvalue weighted by molar-refractivity contribution is 0.313. The summed E-state index contributed by atoms with van der Waals surface area (Å²) < 4.78 is 7.98. The lowest BCUT2D eigenvalue weighted by Gasteiger charge is -2.29. The molecule has 1 aromatic carbocycles. The van der Waals surface area contributed by atoms with E-state index in [9.17, 15) is 0 Å². The Bertz CT molecular complexity index is 763. The van der Waals surface area contributed by atoms with E-state index in [1.165, 1.54) is 22.3 Å². The van der Waals surface area contributed by atoms with E-state index in [1.807, 2.05) is 17.8 Å². The second kappa shape index (κ2) is 4.99. The molecular formula is C18H21N3O. The van der Waals surface area contributed by atoms with Crippen LogP contribution in [0.1, 0.15) is 29.7 Å². The molecule has 0 spiro atoms. The number of hydrogen-bond acceptors (Lipinski definition) is 3. The van der Waals surface area contributed by atoms with Crippen molar-refractivity contribution in [3.8, 4) is 11.6 Å². The summed E-state index contributed by atoms with van der Waals surface area (Å²) in [6.45, 7) is 4.32. The number of likely N-dealkylation sites (tertiary alicyclic amines) is 1. The minimum absolute atomic E-state index is 0.873. The van der Waals surface area contributed by atoms with Crippen molar-refractivity contribution in [1.82, 2.24) is 14.7 Å². The molecule has 0 saturated carbocycles. The van der Waals surface area contributed by atoms with Gasteiger partial charge >= 0.3 is 0 Å². The summed E-state index contributed by atoms with van der Waals surface area (Å²) in [5.41, 5.74) is 6.33. The van der Waals surface area contributed by atoms with Crippen LogP contribution in [-0.4, -0.2) is 34.8 Å². The fourth-order valence-electron chi connectivity index (χ4n) is 3.55. The normalized spacial score (nSPS) is 18.0. The first-order chi connectivity index (χ1) is 10.6. The summed E-state index contributed by atoms with van der Waals surface area (Å²) in [5.74, 6) is 1.82. The van der Waals surface area contributed by atoms with Crippen molar-refractivity contribution in [2.45, 2.75) is 19.8 Å². The Morgan fingerprint density at radius 2 is 1.82 bits per heavy atom. The van der Waals surface area contributed by atoms with Gasteiger partial charge in [0.15, 0.2) is 0 Å². The van der Waals surface area contributed by atoms with E-state index in [4.69, 9.17) is 4.74 Å². The number of aryl methyl sites for hydroxylation is 2. The van der Waals surface area contributed by atoms with Gasteiger partial charge in [-0.15, -0.1) is 0 Å². The first-order valence-corrected chi connectivity index (χ1v) is 7.87. The molecule has 0 atom stereocenters. The van der Waals surface area contributed by atoms with Gasteiger partial charge in [0.1, 0.15) is 5.75 Å². The molecule has 2 aromatic rings. The molecule has 2 aliphatic heterocycles.